The van der Waals surface area contributed by atoms with Gasteiger partial charge in [0.25, 0.3) is 10.0 Å². The molecule has 0 amide bonds. The number of rotatable bonds is 2. The highest BCUT2D eigenvalue weighted by Gasteiger charge is 2.28. The van der Waals surface area contributed by atoms with E-state index in [-0.39, 0.29) is 0 Å². The van der Waals surface area contributed by atoms with Crippen molar-refractivity contribution in [2.75, 3.05) is 10.8 Å². The summed E-state index contributed by atoms with van der Waals surface area (Å²) >= 11 is 5.99. The van der Waals surface area contributed by atoms with Crippen molar-refractivity contribution in [1.82, 2.24) is 0 Å². The van der Waals surface area contributed by atoms with E-state index in [0.717, 1.165) is 29.7 Å². The molecule has 0 saturated carbocycles. The van der Waals surface area contributed by atoms with Crippen molar-refractivity contribution in [3.05, 3.63) is 58.6 Å². The predicted octanol–water partition coefficient (Wildman–Crippen LogP) is 3.79. The van der Waals surface area contributed by atoms with Gasteiger partial charge in [-0.05, 0) is 55.2 Å². The van der Waals surface area contributed by atoms with Gasteiger partial charge in [-0.25, -0.2) is 8.42 Å². The van der Waals surface area contributed by atoms with E-state index in [2.05, 4.69) is 0 Å². The Morgan fingerprint density at radius 3 is 2.67 bits per heavy atom. The molecule has 2 aromatic rings. The zero-order chi connectivity index (χ0) is 15.0. The lowest BCUT2D eigenvalue weighted by molar-refractivity contribution is 0.586. The Balaban J connectivity index is 2.09. The summed E-state index contributed by atoms with van der Waals surface area (Å²) in [4.78, 5) is 0.293. The molecule has 0 spiro atoms. The molecule has 1 heterocycles. The summed E-state index contributed by atoms with van der Waals surface area (Å²) in [5, 5.41) is 0.577. The average Bonchev–Trinajstić information content (AvgIpc) is 2.49. The third-order valence-electron chi connectivity index (χ3n) is 3.79. The molecule has 0 radical (unpaired) electrons. The lowest BCUT2D eigenvalue weighted by atomic mass is 10.0. The minimum absolute atomic E-state index is 0.293. The maximum Gasteiger partial charge on any atom is 0.264 e. The van der Waals surface area contributed by atoms with Gasteiger partial charge in [0.15, 0.2) is 0 Å². The second kappa shape index (κ2) is 5.35. The van der Waals surface area contributed by atoms with Crippen LogP contribution in [0.4, 0.5) is 5.69 Å². The van der Waals surface area contributed by atoms with Crippen LogP contribution in [0.15, 0.2) is 47.4 Å². The van der Waals surface area contributed by atoms with Gasteiger partial charge in [-0.3, -0.25) is 4.31 Å². The van der Waals surface area contributed by atoms with Crippen LogP contribution in [0.5, 0.6) is 0 Å². The molecule has 1 aliphatic rings. The Bertz CT molecular complexity index is 787. The molecular weight excluding hydrogens is 306 g/mol. The Labute approximate surface area is 130 Å². The van der Waals surface area contributed by atoms with E-state index in [1.165, 1.54) is 4.31 Å². The van der Waals surface area contributed by atoms with Crippen LogP contribution in [0.3, 0.4) is 0 Å². The molecule has 0 aromatic heterocycles. The maximum absolute atomic E-state index is 12.9. The zero-order valence-electron chi connectivity index (χ0n) is 11.7. The van der Waals surface area contributed by atoms with Gasteiger partial charge in [-0.15, -0.1) is 0 Å². The Morgan fingerprint density at radius 2 is 1.90 bits per heavy atom. The van der Waals surface area contributed by atoms with Gasteiger partial charge < -0.3 is 0 Å². The van der Waals surface area contributed by atoms with Crippen LogP contribution in [0.2, 0.25) is 5.02 Å². The number of fused-ring (bicyclic) bond motifs is 1. The normalized spacial score (nSPS) is 14.9. The summed E-state index contributed by atoms with van der Waals surface area (Å²) in [6.45, 7) is 2.33. The van der Waals surface area contributed by atoms with Crippen LogP contribution in [0, 0.1) is 6.92 Å². The fourth-order valence-electron chi connectivity index (χ4n) is 2.65. The van der Waals surface area contributed by atoms with E-state index in [9.17, 15) is 8.42 Å². The molecule has 3 rings (SSSR count). The van der Waals surface area contributed by atoms with Crippen molar-refractivity contribution < 1.29 is 8.42 Å². The van der Waals surface area contributed by atoms with Gasteiger partial charge in [-0.1, -0.05) is 29.8 Å². The number of nitrogens with zero attached hydrogens (tertiary/aromatic N) is 1. The van der Waals surface area contributed by atoms with Crippen LogP contribution in [-0.2, 0) is 16.4 Å². The molecule has 0 atom stereocenters. The average molecular weight is 322 g/mol. The molecule has 0 aliphatic carbocycles. The van der Waals surface area contributed by atoms with Crippen LogP contribution in [-0.4, -0.2) is 15.0 Å². The van der Waals surface area contributed by atoms with E-state index in [1.807, 2.05) is 31.2 Å². The van der Waals surface area contributed by atoms with E-state index < -0.39 is 10.0 Å². The molecule has 0 bridgehead atoms. The SMILES string of the molecule is Cc1cc(S(=O)(=O)N2CCCc3ccccc32)ccc1Cl. The van der Waals surface area contributed by atoms with Crippen molar-refractivity contribution in [1.29, 1.82) is 0 Å². The van der Waals surface area contributed by atoms with Crippen molar-refractivity contribution >= 4 is 27.3 Å². The first-order chi connectivity index (χ1) is 10.00. The number of halogens is 1. The van der Waals surface area contributed by atoms with Crippen LogP contribution >= 0.6 is 11.6 Å². The number of para-hydroxylation sites is 1. The smallest absolute Gasteiger partial charge is 0.264 e. The predicted molar refractivity (Wildman–Crippen MR) is 85.5 cm³/mol. The highest BCUT2D eigenvalue weighted by atomic mass is 35.5. The monoisotopic (exact) mass is 321 g/mol. The lowest BCUT2D eigenvalue weighted by Gasteiger charge is -2.30. The minimum Gasteiger partial charge on any atom is -0.266 e. The molecular formula is C16H16ClNO2S. The summed E-state index contributed by atoms with van der Waals surface area (Å²) in [6, 6.07) is 12.5. The number of aryl methyl sites for hydroxylation is 2. The second-order valence-electron chi connectivity index (χ2n) is 5.22. The number of hydrogen-bond donors (Lipinski definition) is 0. The summed E-state index contributed by atoms with van der Waals surface area (Å²) in [5.74, 6) is 0. The standard InChI is InChI=1S/C16H16ClNO2S/c1-12-11-14(8-9-15(12)17)21(19,20)18-10-4-6-13-5-2-3-7-16(13)18/h2-3,5,7-9,11H,4,6,10H2,1H3. The molecule has 5 heteroatoms. The third kappa shape index (κ3) is 2.54. The fraction of sp³-hybridized carbons (Fsp3) is 0.250. The second-order valence-corrected chi connectivity index (χ2v) is 7.49. The van der Waals surface area contributed by atoms with Gasteiger partial charge in [0.05, 0.1) is 10.6 Å². The molecule has 21 heavy (non-hydrogen) atoms. The zero-order valence-corrected chi connectivity index (χ0v) is 13.3. The van der Waals surface area contributed by atoms with Crippen molar-refractivity contribution in [3.8, 4) is 0 Å². The number of benzene rings is 2. The molecule has 0 N–H and O–H groups in total. The highest BCUT2D eigenvalue weighted by molar-refractivity contribution is 7.92. The van der Waals surface area contributed by atoms with Crippen molar-refractivity contribution in [2.24, 2.45) is 0 Å². The first-order valence-corrected chi connectivity index (χ1v) is 8.69. The summed E-state index contributed by atoms with van der Waals surface area (Å²) < 4.78 is 27.3. The summed E-state index contributed by atoms with van der Waals surface area (Å²) in [5.41, 5.74) is 2.64. The fourth-order valence-corrected chi connectivity index (χ4v) is 4.40. The minimum atomic E-state index is -3.54. The van der Waals surface area contributed by atoms with E-state index >= 15 is 0 Å². The molecule has 1 aliphatic heterocycles. The summed E-state index contributed by atoms with van der Waals surface area (Å²) in [6.07, 6.45) is 1.75. The quantitative estimate of drug-likeness (QED) is 0.844. The van der Waals surface area contributed by atoms with Crippen LogP contribution < -0.4 is 4.31 Å². The van der Waals surface area contributed by atoms with Gasteiger partial charge in [-0.2, -0.15) is 0 Å². The maximum atomic E-state index is 12.9. The van der Waals surface area contributed by atoms with Crippen LogP contribution in [0.1, 0.15) is 17.5 Å². The van der Waals surface area contributed by atoms with Gasteiger partial charge in [0, 0.05) is 11.6 Å². The molecule has 110 valence electrons. The Kier molecular flexibility index (Phi) is 3.68. The molecule has 3 nitrogen and oxygen atoms in total. The first kappa shape index (κ1) is 14.4. The third-order valence-corrected chi connectivity index (χ3v) is 6.02. The number of sulfonamides is 1. The largest absolute Gasteiger partial charge is 0.266 e. The van der Waals surface area contributed by atoms with Gasteiger partial charge in [0.1, 0.15) is 0 Å². The topological polar surface area (TPSA) is 37.4 Å². The Morgan fingerprint density at radius 1 is 1.14 bits per heavy atom. The first-order valence-electron chi connectivity index (χ1n) is 6.87. The molecule has 0 fully saturated rings. The summed E-state index contributed by atoms with van der Waals surface area (Å²) in [7, 11) is -3.54. The molecule has 2 aromatic carbocycles. The van der Waals surface area contributed by atoms with E-state index in [4.69, 9.17) is 11.6 Å². The van der Waals surface area contributed by atoms with Gasteiger partial charge >= 0.3 is 0 Å². The lowest BCUT2D eigenvalue weighted by Crippen LogP contribution is -2.35. The van der Waals surface area contributed by atoms with Crippen molar-refractivity contribution in [2.45, 2.75) is 24.7 Å². The molecule has 0 unspecified atom stereocenters. The Hall–Kier alpha value is -1.52. The van der Waals surface area contributed by atoms with Gasteiger partial charge in [0.2, 0.25) is 0 Å². The van der Waals surface area contributed by atoms with E-state index in [0.29, 0.717) is 16.5 Å². The molecule has 0 saturated heterocycles. The van der Waals surface area contributed by atoms with Crippen LogP contribution in [0.25, 0.3) is 0 Å². The number of hydrogen-bond acceptors (Lipinski definition) is 2. The highest BCUT2D eigenvalue weighted by Crippen LogP contribution is 2.32. The number of anilines is 1. The van der Waals surface area contributed by atoms with Crippen molar-refractivity contribution in [3.63, 3.8) is 0 Å². The van der Waals surface area contributed by atoms with E-state index in [1.54, 1.807) is 18.2 Å².